The van der Waals surface area contributed by atoms with Gasteiger partial charge in [0.2, 0.25) is 5.91 Å². The molecule has 0 bridgehead atoms. The van der Waals surface area contributed by atoms with Crippen LogP contribution in [0.1, 0.15) is 31.0 Å². The van der Waals surface area contributed by atoms with E-state index in [1.54, 1.807) is 17.5 Å². The molecular weight excluding hydrogens is 368 g/mol. The number of rotatable bonds is 6. The van der Waals surface area contributed by atoms with Crippen molar-refractivity contribution in [2.75, 3.05) is 23.3 Å². The molecule has 0 spiro atoms. The molecule has 144 valence electrons. The molecule has 0 unspecified atom stereocenters. The number of aromatic nitrogens is 2. The third-order valence-electron chi connectivity index (χ3n) is 4.96. The van der Waals surface area contributed by atoms with Gasteiger partial charge in [-0.25, -0.2) is 9.97 Å². The van der Waals surface area contributed by atoms with E-state index >= 15 is 0 Å². The fourth-order valence-electron chi connectivity index (χ4n) is 3.37. The van der Waals surface area contributed by atoms with Crippen LogP contribution in [0.25, 0.3) is 10.6 Å². The summed E-state index contributed by atoms with van der Waals surface area (Å²) in [5.74, 6) is 0.905. The Morgan fingerprint density at radius 3 is 2.61 bits per heavy atom. The quantitative estimate of drug-likeness (QED) is 0.669. The zero-order valence-electron chi connectivity index (χ0n) is 16.0. The molecule has 5 nitrogen and oxygen atoms in total. The molecule has 1 aliphatic rings. The zero-order valence-corrected chi connectivity index (χ0v) is 16.8. The van der Waals surface area contributed by atoms with Gasteiger partial charge in [-0.15, -0.1) is 11.3 Å². The zero-order chi connectivity index (χ0) is 19.3. The standard InChI is InChI=1S/C22H24N4OS/c1-2-16-5-7-17(8-6-16)22-25-19(15-28-22)13-21(27)24-18-9-10-20(23-14-18)26-11-3-4-12-26/h5-10,14-15H,2-4,11-13H2,1H3,(H,24,27). The predicted octanol–water partition coefficient (Wildman–Crippen LogP) is 4.55. The van der Waals surface area contributed by atoms with Crippen LogP contribution in [0.5, 0.6) is 0 Å². The lowest BCUT2D eigenvalue weighted by Gasteiger charge is -2.16. The second-order valence-corrected chi connectivity index (χ2v) is 7.88. The molecule has 3 heterocycles. The van der Waals surface area contributed by atoms with E-state index in [2.05, 4.69) is 51.4 Å². The summed E-state index contributed by atoms with van der Waals surface area (Å²) in [5.41, 5.74) is 3.91. The molecule has 0 aliphatic carbocycles. The van der Waals surface area contributed by atoms with Crippen LogP contribution >= 0.6 is 11.3 Å². The lowest BCUT2D eigenvalue weighted by atomic mass is 10.1. The van der Waals surface area contributed by atoms with E-state index in [1.807, 2.05) is 17.5 Å². The Labute approximate surface area is 169 Å². The smallest absolute Gasteiger partial charge is 0.230 e. The Balaban J connectivity index is 1.35. The molecule has 1 aromatic carbocycles. The van der Waals surface area contributed by atoms with Gasteiger partial charge in [0.1, 0.15) is 10.8 Å². The van der Waals surface area contributed by atoms with Gasteiger partial charge in [-0.05, 0) is 37.0 Å². The van der Waals surface area contributed by atoms with Crippen LogP contribution in [0.15, 0.2) is 48.0 Å². The molecule has 0 atom stereocenters. The highest BCUT2D eigenvalue weighted by atomic mass is 32.1. The summed E-state index contributed by atoms with van der Waals surface area (Å²) < 4.78 is 0. The molecule has 0 radical (unpaired) electrons. The number of nitrogens with one attached hydrogen (secondary N) is 1. The number of benzene rings is 1. The number of anilines is 2. The fraction of sp³-hybridized carbons (Fsp3) is 0.318. The van der Waals surface area contributed by atoms with Gasteiger partial charge >= 0.3 is 0 Å². The van der Waals surface area contributed by atoms with Crippen molar-refractivity contribution in [3.05, 3.63) is 59.2 Å². The van der Waals surface area contributed by atoms with Crippen LogP contribution in [0, 0.1) is 0 Å². The number of pyridine rings is 1. The van der Waals surface area contributed by atoms with Gasteiger partial charge in [-0.1, -0.05) is 31.2 Å². The summed E-state index contributed by atoms with van der Waals surface area (Å²) in [7, 11) is 0. The van der Waals surface area contributed by atoms with Gasteiger partial charge in [0.05, 0.1) is 24.0 Å². The minimum absolute atomic E-state index is 0.0751. The molecule has 1 amide bonds. The van der Waals surface area contributed by atoms with Crippen LogP contribution in [0.2, 0.25) is 0 Å². The first kappa shape index (κ1) is 18.6. The molecular formula is C22H24N4OS. The number of thiazole rings is 1. The summed E-state index contributed by atoms with van der Waals surface area (Å²) >= 11 is 1.57. The second kappa shape index (κ2) is 8.52. The van der Waals surface area contributed by atoms with Gasteiger partial charge in [-0.2, -0.15) is 0 Å². The van der Waals surface area contributed by atoms with E-state index in [0.29, 0.717) is 0 Å². The Bertz CT molecular complexity index is 928. The lowest BCUT2D eigenvalue weighted by molar-refractivity contribution is -0.115. The fourth-order valence-corrected chi connectivity index (χ4v) is 4.19. The van der Waals surface area contributed by atoms with E-state index in [0.717, 1.165) is 47.3 Å². The maximum atomic E-state index is 12.4. The molecule has 1 aliphatic heterocycles. The third-order valence-corrected chi connectivity index (χ3v) is 5.90. The number of amides is 1. The van der Waals surface area contributed by atoms with E-state index in [1.165, 1.54) is 18.4 Å². The highest BCUT2D eigenvalue weighted by Gasteiger charge is 2.14. The molecule has 1 fully saturated rings. The first-order valence-corrected chi connectivity index (χ1v) is 10.6. The van der Waals surface area contributed by atoms with Crippen LogP contribution in [0.4, 0.5) is 11.5 Å². The number of nitrogens with zero attached hydrogens (tertiary/aromatic N) is 3. The van der Waals surface area contributed by atoms with Gasteiger partial charge in [0.25, 0.3) is 0 Å². The lowest BCUT2D eigenvalue weighted by Crippen LogP contribution is -2.19. The van der Waals surface area contributed by atoms with E-state index in [4.69, 9.17) is 0 Å². The number of carbonyl (C=O) groups is 1. The summed E-state index contributed by atoms with van der Waals surface area (Å²) in [6, 6.07) is 12.3. The first-order valence-electron chi connectivity index (χ1n) is 9.76. The van der Waals surface area contributed by atoms with Crippen molar-refractivity contribution < 1.29 is 4.79 Å². The molecule has 1 saturated heterocycles. The Hall–Kier alpha value is -2.73. The Morgan fingerprint density at radius 1 is 1.14 bits per heavy atom. The molecule has 4 rings (SSSR count). The maximum Gasteiger partial charge on any atom is 0.230 e. The number of hydrogen-bond donors (Lipinski definition) is 1. The van der Waals surface area contributed by atoms with Crippen molar-refractivity contribution in [3.8, 4) is 10.6 Å². The van der Waals surface area contributed by atoms with Crippen molar-refractivity contribution >= 4 is 28.7 Å². The minimum Gasteiger partial charge on any atom is -0.357 e. The number of aryl methyl sites for hydroxylation is 1. The van der Waals surface area contributed by atoms with Crippen LogP contribution in [-0.4, -0.2) is 29.0 Å². The second-order valence-electron chi connectivity index (χ2n) is 7.02. The largest absolute Gasteiger partial charge is 0.357 e. The number of carbonyl (C=O) groups excluding carboxylic acids is 1. The summed E-state index contributed by atoms with van der Waals surface area (Å²) in [4.78, 5) is 23.7. The average Bonchev–Trinajstić information content (AvgIpc) is 3.41. The van der Waals surface area contributed by atoms with E-state index < -0.39 is 0 Å². The van der Waals surface area contributed by atoms with E-state index in [-0.39, 0.29) is 12.3 Å². The van der Waals surface area contributed by atoms with Gasteiger partial charge in [0.15, 0.2) is 0 Å². The summed E-state index contributed by atoms with van der Waals surface area (Å²) in [6.45, 7) is 4.27. The summed E-state index contributed by atoms with van der Waals surface area (Å²) in [5, 5.41) is 5.82. The highest BCUT2D eigenvalue weighted by Crippen LogP contribution is 2.25. The van der Waals surface area contributed by atoms with Crippen LogP contribution in [-0.2, 0) is 17.6 Å². The molecule has 0 saturated carbocycles. The van der Waals surface area contributed by atoms with Crippen molar-refractivity contribution in [2.45, 2.75) is 32.6 Å². The van der Waals surface area contributed by atoms with Crippen LogP contribution in [0.3, 0.4) is 0 Å². The topological polar surface area (TPSA) is 58.1 Å². The maximum absolute atomic E-state index is 12.4. The Kier molecular flexibility index (Phi) is 5.67. The van der Waals surface area contributed by atoms with Crippen molar-refractivity contribution in [1.29, 1.82) is 0 Å². The molecule has 28 heavy (non-hydrogen) atoms. The van der Waals surface area contributed by atoms with Crippen LogP contribution < -0.4 is 10.2 Å². The summed E-state index contributed by atoms with van der Waals surface area (Å²) in [6.07, 6.45) is 5.46. The van der Waals surface area contributed by atoms with Gasteiger partial charge in [-0.3, -0.25) is 4.79 Å². The third kappa shape index (κ3) is 4.39. The Morgan fingerprint density at radius 2 is 1.93 bits per heavy atom. The van der Waals surface area contributed by atoms with Gasteiger partial charge in [0, 0.05) is 24.0 Å². The average molecular weight is 393 g/mol. The first-order chi connectivity index (χ1) is 13.7. The predicted molar refractivity (Wildman–Crippen MR) is 115 cm³/mol. The normalized spacial score (nSPS) is 13.7. The van der Waals surface area contributed by atoms with Crippen molar-refractivity contribution in [1.82, 2.24) is 9.97 Å². The number of hydrogen-bond acceptors (Lipinski definition) is 5. The monoisotopic (exact) mass is 392 g/mol. The molecule has 1 N–H and O–H groups in total. The molecule has 3 aromatic rings. The van der Waals surface area contributed by atoms with Crippen molar-refractivity contribution in [2.24, 2.45) is 0 Å². The SMILES string of the molecule is CCc1ccc(-c2nc(CC(=O)Nc3ccc(N4CCCC4)nc3)cs2)cc1. The van der Waals surface area contributed by atoms with Crippen molar-refractivity contribution in [3.63, 3.8) is 0 Å². The molecule has 6 heteroatoms. The minimum atomic E-state index is -0.0751. The highest BCUT2D eigenvalue weighted by molar-refractivity contribution is 7.13. The van der Waals surface area contributed by atoms with E-state index in [9.17, 15) is 4.79 Å². The molecule has 2 aromatic heterocycles. The van der Waals surface area contributed by atoms with Gasteiger partial charge < -0.3 is 10.2 Å².